The van der Waals surface area contributed by atoms with Gasteiger partial charge in [0, 0.05) is 49.4 Å². The van der Waals surface area contributed by atoms with E-state index in [0.717, 1.165) is 17.1 Å². The van der Waals surface area contributed by atoms with Crippen LogP contribution in [0, 0.1) is 6.92 Å². The van der Waals surface area contributed by atoms with Gasteiger partial charge in [-0.15, -0.1) is 11.3 Å². The molecule has 106 valence electrons. The molecular weight excluding hydrogens is 270 g/mol. The molecule has 0 saturated heterocycles. The predicted molar refractivity (Wildman–Crippen MR) is 83.7 cm³/mol. The Morgan fingerprint density at radius 1 is 1.30 bits per heavy atom. The molecule has 0 radical (unpaired) electrons. The average Bonchev–Trinajstić information content (AvgIpc) is 2.84. The zero-order valence-electron chi connectivity index (χ0n) is 12.0. The third-order valence-corrected chi connectivity index (χ3v) is 3.94. The molecule has 0 bridgehead atoms. The molecule has 0 spiro atoms. The first-order valence-corrected chi connectivity index (χ1v) is 7.35. The second-order valence-electron chi connectivity index (χ2n) is 4.79. The first-order valence-electron chi connectivity index (χ1n) is 6.53. The summed E-state index contributed by atoms with van der Waals surface area (Å²) in [4.78, 5) is 19.4. The van der Waals surface area contributed by atoms with Crippen LogP contribution in [0.25, 0.3) is 0 Å². The van der Waals surface area contributed by atoms with Gasteiger partial charge in [-0.3, -0.25) is 4.79 Å². The number of benzene rings is 1. The van der Waals surface area contributed by atoms with Crippen LogP contribution in [0.4, 0.5) is 5.69 Å². The lowest BCUT2D eigenvalue weighted by Crippen LogP contribution is -2.25. The number of hydrogen-bond acceptors (Lipinski definition) is 4. The van der Waals surface area contributed by atoms with E-state index in [1.807, 2.05) is 56.4 Å². The number of aromatic nitrogens is 1. The number of nitrogens with zero attached hydrogens (tertiary/aromatic N) is 2. The molecule has 5 heteroatoms. The fourth-order valence-corrected chi connectivity index (χ4v) is 2.63. The van der Waals surface area contributed by atoms with Crippen LogP contribution < -0.4 is 10.2 Å². The molecule has 4 nitrogen and oxygen atoms in total. The van der Waals surface area contributed by atoms with Crippen LogP contribution in [0.3, 0.4) is 0 Å². The van der Waals surface area contributed by atoms with Gasteiger partial charge in [-0.05, 0) is 31.2 Å². The maximum absolute atomic E-state index is 12.0. The Hall–Kier alpha value is -1.88. The van der Waals surface area contributed by atoms with E-state index in [9.17, 15) is 4.79 Å². The van der Waals surface area contributed by atoms with Crippen LogP contribution in [-0.4, -0.2) is 31.5 Å². The summed E-state index contributed by atoms with van der Waals surface area (Å²) in [5, 5.41) is 3.99. The number of amides is 1. The van der Waals surface area contributed by atoms with Crippen LogP contribution in [-0.2, 0) is 6.42 Å². The first kappa shape index (κ1) is 14.5. The molecule has 0 saturated carbocycles. The van der Waals surface area contributed by atoms with E-state index in [-0.39, 0.29) is 5.91 Å². The molecule has 0 atom stereocenters. The Morgan fingerprint density at radius 2 is 2.00 bits per heavy atom. The predicted octanol–water partition coefficient (Wildman–Crippen LogP) is 2.49. The van der Waals surface area contributed by atoms with Crippen molar-refractivity contribution in [1.82, 2.24) is 10.3 Å². The van der Waals surface area contributed by atoms with Crippen LogP contribution >= 0.6 is 11.3 Å². The highest BCUT2D eigenvalue weighted by molar-refractivity contribution is 7.11. The Morgan fingerprint density at radius 3 is 2.55 bits per heavy atom. The molecule has 0 aliphatic rings. The summed E-state index contributed by atoms with van der Waals surface area (Å²) in [6.07, 6.45) is 2.70. The molecule has 20 heavy (non-hydrogen) atoms. The monoisotopic (exact) mass is 289 g/mol. The van der Waals surface area contributed by atoms with E-state index in [0.29, 0.717) is 12.1 Å². The van der Waals surface area contributed by atoms with Crippen LogP contribution in [0.2, 0.25) is 0 Å². The molecule has 0 unspecified atom stereocenters. The third-order valence-electron chi connectivity index (χ3n) is 2.97. The minimum Gasteiger partial charge on any atom is -0.378 e. The van der Waals surface area contributed by atoms with E-state index in [4.69, 9.17) is 0 Å². The largest absolute Gasteiger partial charge is 0.378 e. The fourth-order valence-electron chi connectivity index (χ4n) is 1.83. The summed E-state index contributed by atoms with van der Waals surface area (Å²) in [6, 6.07) is 7.59. The van der Waals surface area contributed by atoms with Gasteiger partial charge in [0.05, 0.1) is 5.01 Å². The highest BCUT2D eigenvalue weighted by Crippen LogP contribution is 2.13. The Bertz CT molecular complexity index is 575. The zero-order valence-corrected chi connectivity index (χ0v) is 12.8. The Balaban J connectivity index is 1.85. The van der Waals surface area contributed by atoms with Gasteiger partial charge in [-0.1, -0.05) is 0 Å². The van der Waals surface area contributed by atoms with Crippen molar-refractivity contribution in [1.29, 1.82) is 0 Å². The molecule has 0 fully saturated rings. The SMILES string of the molecule is Cc1ncc(CCNC(=O)c2ccc(N(C)C)cc2)s1. The van der Waals surface area contributed by atoms with Crippen molar-refractivity contribution in [3.05, 3.63) is 45.9 Å². The Kier molecular flexibility index (Phi) is 4.74. The summed E-state index contributed by atoms with van der Waals surface area (Å²) >= 11 is 1.67. The minimum atomic E-state index is -0.0310. The highest BCUT2D eigenvalue weighted by Gasteiger charge is 2.06. The van der Waals surface area contributed by atoms with Crippen molar-refractivity contribution < 1.29 is 4.79 Å². The minimum absolute atomic E-state index is 0.0310. The van der Waals surface area contributed by atoms with Crippen molar-refractivity contribution in [3.63, 3.8) is 0 Å². The maximum Gasteiger partial charge on any atom is 0.251 e. The number of anilines is 1. The first-order chi connectivity index (χ1) is 9.56. The molecule has 0 aliphatic heterocycles. The van der Waals surface area contributed by atoms with Gasteiger partial charge in [0.2, 0.25) is 0 Å². The lowest BCUT2D eigenvalue weighted by atomic mass is 10.2. The zero-order chi connectivity index (χ0) is 14.5. The van der Waals surface area contributed by atoms with E-state index in [1.165, 1.54) is 4.88 Å². The van der Waals surface area contributed by atoms with Gasteiger partial charge >= 0.3 is 0 Å². The number of carbonyl (C=O) groups is 1. The summed E-state index contributed by atoms with van der Waals surface area (Å²) in [5.74, 6) is -0.0310. The van der Waals surface area contributed by atoms with E-state index in [2.05, 4.69) is 10.3 Å². The summed E-state index contributed by atoms with van der Waals surface area (Å²) in [7, 11) is 3.96. The van der Waals surface area contributed by atoms with Gasteiger partial charge in [0.1, 0.15) is 0 Å². The standard InChI is InChI=1S/C15H19N3OS/c1-11-17-10-14(20-11)8-9-16-15(19)12-4-6-13(7-5-12)18(2)3/h4-7,10H,8-9H2,1-3H3,(H,16,19). The molecule has 2 rings (SSSR count). The average molecular weight is 289 g/mol. The second-order valence-corrected chi connectivity index (χ2v) is 6.11. The van der Waals surface area contributed by atoms with Gasteiger partial charge in [-0.25, -0.2) is 4.98 Å². The molecule has 2 aromatic rings. The Labute approximate surface area is 123 Å². The number of aryl methyl sites for hydroxylation is 1. The molecule has 1 aromatic heterocycles. The summed E-state index contributed by atoms with van der Waals surface area (Å²) in [6.45, 7) is 2.62. The molecule has 1 aromatic carbocycles. The second kappa shape index (κ2) is 6.52. The van der Waals surface area contributed by atoms with Crippen molar-refractivity contribution >= 4 is 22.9 Å². The molecular formula is C15H19N3OS. The van der Waals surface area contributed by atoms with Gasteiger partial charge < -0.3 is 10.2 Å². The summed E-state index contributed by atoms with van der Waals surface area (Å²) < 4.78 is 0. The molecule has 0 aliphatic carbocycles. The number of thiazole rings is 1. The molecule has 1 heterocycles. The number of carbonyl (C=O) groups excluding carboxylic acids is 1. The van der Waals surface area contributed by atoms with Gasteiger partial charge in [0.25, 0.3) is 5.91 Å². The van der Waals surface area contributed by atoms with E-state index in [1.54, 1.807) is 11.3 Å². The van der Waals surface area contributed by atoms with E-state index >= 15 is 0 Å². The maximum atomic E-state index is 12.0. The van der Waals surface area contributed by atoms with Crippen molar-refractivity contribution in [2.75, 3.05) is 25.5 Å². The van der Waals surface area contributed by atoms with Crippen LogP contribution in [0.15, 0.2) is 30.5 Å². The number of nitrogens with one attached hydrogen (secondary N) is 1. The van der Waals surface area contributed by atoms with Crippen LogP contribution in [0.1, 0.15) is 20.2 Å². The lowest BCUT2D eigenvalue weighted by Gasteiger charge is -2.12. The molecule has 1 amide bonds. The number of rotatable bonds is 5. The quantitative estimate of drug-likeness (QED) is 0.920. The molecule has 1 N–H and O–H groups in total. The smallest absolute Gasteiger partial charge is 0.251 e. The van der Waals surface area contributed by atoms with Crippen LogP contribution in [0.5, 0.6) is 0 Å². The summed E-state index contributed by atoms with van der Waals surface area (Å²) in [5.41, 5.74) is 1.78. The van der Waals surface area contributed by atoms with Crippen molar-refractivity contribution in [3.8, 4) is 0 Å². The highest BCUT2D eigenvalue weighted by atomic mass is 32.1. The van der Waals surface area contributed by atoms with E-state index < -0.39 is 0 Å². The lowest BCUT2D eigenvalue weighted by molar-refractivity contribution is 0.0954. The van der Waals surface area contributed by atoms with Crippen molar-refractivity contribution in [2.24, 2.45) is 0 Å². The normalized spacial score (nSPS) is 10.3. The fraction of sp³-hybridized carbons (Fsp3) is 0.333. The topological polar surface area (TPSA) is 45.2 Å². The number of hydrogen-bond donors (Lipinski definition) is 1. The van der Waals surface area contributed by atoms with Gasteiger partial charge in [0.15, 0.2) is 0 Å². The van der Waals surface area contributed by atoms with Crippen molar-refractivity contribution in [2.45, 2.75) is 13.3 Å². The third kappa shape index (κ3) is 3.81. The van der Waals surface area contributed by atoms with Gasteiger partial charge in [-0.2, -0.15) is 0 Å².